The highest BCUT2D eigenvalue weighted by Crippen LogP contribution is 2.39. The van der Waals surface area contributed by atoms with Crippen LogP contribution in [0, 0.1) is 0 Å². The lowest BCUT2D eigenvalue weighted by molar-refractivity contribution is 0.111. The first-order valence-corrected chi connectivity index (χ1v) is 7.41. The molecule has 108 valence electrons. The third-order valence-corrected chi connectivity index (χ3v) is 3.97. The Bertz CT molecular complexity index is 656. The number of aldehydes is 1. The number of nitrogens with zero attached hydrogens (tertiary/aromatic N) is 2. The molecule has 0 amide bonds. The molecule has 1 aromatic carbocycles. The van der Waals surface area contributed by atoms with Crippen LogP contribution < -0.4 is 5.32 Å². The highest BCUT2D eigenvalue weighted by atomic mass is 35.5. The molecule has 1 aliphatic rings. The van der Waals surface area contributed by atoms with Crippen LogP contribution in [0.5, 0.6) is 0 Å². The fraction of sp³-hybridized carbons (Fsp3) is 0.312. The van der Waals surface area contributed by atoms with Crippen molar-refractivity contribution in [3.63, 3.8) is 0 Å². The third kappa shape index (κ3) is 3.05. The minimum absolute atomic E-state index is 0.0464. The Labute approximate surface area is 128 Å². The van der Waals surface area contributed by atoms with E-state index < -0.39 is 0 Å². The lowest BCUT2D eigenvalue weighted by atomic mass is 10.1. The van der Waals surface area contributed by atoms with Gasteiger partial charge in [0.1, 0.15) is 22.4 Å². The summed E-state index contributed by atoms with van der Waals surface area (Å²) in [5, 5.41) is 3.57. The normalized spacial score (nSPS) is 15.5. The van der Waals surface area contributed by atoms with Gasteiger partial charge in [-0.25, -0.2) is 9.97 Å². The van der Waals surface area contributed by atoms with Crippen LogP contribution in [0.15, 0.2) is 30.3 Å². The number of halogens is 1. The first-order chi connectivity index (χ1) is 10.2. The highest BCUT2D eigenvalue weighted by molar-refractivity contribution is 6.35. The van der Waals surface area contributed by atoms with E-state index in [0.717, 1.165) is 18.4 Å². The van der Waals surface area contributed by atoms with Crippen LogP contribution in [0.25, 0.3) is 0 Å². The predicted molar refractivity (Wildman–Crippen MR) is 82.9 cm³/mol. The van der Waals surface area contributed by atoms with Crippen LogP contribution in [-0.2, 0) is 0 Å². The second kappa shape index (κ2) is 5.82. The summed E-state index contributed by atoms with van der Waals surface area (Å²) >= 11 is 6.22. The monoisotopic (exact) mass is 301 g/mol. The molecule has 0 radical (unpaired) electrons. The van der Waals surface area contributed by atoms with Gasteiger partial charge in [0, 0.05) is 12.0 Å². The number of anilines is 1. The molecule has 21 heavy (non-hydrogen) atoms. The van der Waals surface area contributed by atoms with Gasteiger partial charge in [0.15, 0.2) is 6.29 Å². The predicted octanol–water partition coefficient (Wildman–Crippen LogP) is 3.99. The molecule has 1 heterocycles. The number of benzene rings is 1. The van der Waals surface area contributed by atoms with Gasteiger partial charge in [0.25, 0.3) is 0 Å². The topological polar surface area (TPSA) is 54.9 Å². The first kappa shape index (κ1) is 14.0. The number of rotatable bonds is 5. The standard InChI is InChI=1S/C16H16ClN3O/c1-10(11-5-3-2-4-6-11)18-16-14(17)13(9-21)19-15(20-16)12-7-8-12/h2-6,9-10,12H,7-8H2,1H3,(H,18,19,20). The molecule has 0 bridgehead atoms. The lowest BCUT2D eigenvalue weighted by Crippen LogP contribution is -2.11. The van der Waals surface area contributed by atoms with E-state index in [0.29, 0.717) is 23.8 Å². The van der Waals surface area contributed by atoms with Gasteiger partial charge in [-0.15, -0.1) is 0 Å². The summed E-state index contributed by atoms with van der Waals surface area (Å²) in [7, 11) is 0. The Morgan fingerprint density at radius 2 is 2.00 bits per heavy atom. The second-order valence-corrected chi connectivity index (χ2v) is 5.68. The average molecular weight is 302 g/mol. The molecule has 2 aromatic rings. The van der Waals surface area contributed by atoms with E-state index in [2.05, 4.69) is 15.3 Å². The summed E-state index contributed by atoms with van der Waals surface area (Å²) in [6, 6.07) is 10.1. The van der Waals surface area contributed by atoms with Gasteiger partial charge in [-0.3, -0.25) is 4.79 Å². The Hall–Kier alpha value is -1.94. The van der Waals surface area contributed by atoms with Crippen LogP contribution in [0.4, 0.5) is 5.82 Å². The van der Waals surface area contributed by atoms with Crippen LogP contribution in [0.2, 0.25) is 5.02 Å². The van der Waals surface area contributed by atoms with Crippen molar-refractivity contribution in [2.24, 2.45) is 0 Å². The minimum Gasteiger partial charge on any atom is -0.362 e. The van der Waals surface area contributed by atoms with Gasteiger partial charge in [-0.2, -0.15) is 0 Å². The van der Waals surface area contributed by atoms with E-state index in [4.69, 9.17) is 11.6 Å². The zero-order valence-electron chi connectivity index (χ0n) is 11.7. The SMILES string of the molecule is CC(Nc1nc(C2CC2)nc(C=O)c1Cl)c1ccccc1. The van der Waals surface area contributed by atoms with Crippen LogP contribution in [0.1, 0.15) is 53.6 Å². The third-order valence-electron chi connectivity index (χ3n) is 3.60. The quantitative estimate of drug-likeness (QED) is 0.848. The Balaban J connectivity index is 1.90. The maximum atomic E-state index is 11.1. The van der Waals surface area contributed by atoms with E-state index in [9.17, 15) is 4.79 Å². The van der Waals surface area contributed by atoms with E-state index in [1.807, 2.05) is 37.3 Å². The summed E-state index contributed by atoms with van der Waals surface area (Å²) in [4.78, 5) is 19.9. The summed E-state index contributed by atoms with van der Waals surface area (Å²) in [5.74, 6) is 1.62. The molecule has 1 aromatic heterocycles. The molecule has 1 atom stereocenters. The van der Waals surface area contributed by atoms with E-state index in [1.54, 1.807) is 0 Å². The molecule has 1 N–H and O–H groups in total. The molecule has 0 spiro atoms. The number of hydrogen-bond donors (Lipinski definition) is 1. The summed E-state index contributed by atoms with van der Waals surface area (Å²) in [6.45, 7) is 2.03. The van der Waals surface area contributed by atoms with E-state index in [1.165, 1.54) is 0 Å². The highest BCUT2D eigenvalue weighted by Gasteiger charge is 2.28. The zero-order valence-corrected chi connectivity index (χ0v) is 12.5. The zero-order chi connectivity index (χ0) is 14.8. The smallest absolute Gasteiger partial charge is 0.170 e. The molecule has 1 unspecified atom stereocenters. The Morgan fingerprint density at radius 3 is 2.62 bits per heavy atom. The van der Waals surface area contributed by atoms with Crippen molar-refractivity contribution in [3.05, 3.63) is 52.4 Å². The molecule has 5 heteroatoms. The van der Waals surface area contributed by atoms with Crippen molar-refractivity contribution in [1.29, 1.82) is 0 Å². The Kier molecular flexibility index (Phi) is 3.88. The van der Waals surface area contributed by atoms with Crippen molar-refractivity contribution < 1.29 is 4.79 Å². The molecular formula is C16H16ClN3O. The van der Waals surface area contributed by atoms with Gasteiger partial charge < -0.3 is 5.32 Å². The number of nitrogens with one attached hydrogen (secondary N) is 1. The number of carbonyl (C=O) groups is 1. The molecule has 0 saturated heterocycles. The van der Waals surface area contributed by atoms with Crippen molar-refractivity contribution in [2.75, 3.05) is 5.32 Å². The molecule has 3 rings (SSSR count). The summed E-state index contributed by atoms with van der Waals surface area (Å²) in [5.41, 5.74) is 1.39. The molecule has 1 aliphatic carbocycles. The fourth-order valence-corrected chi connectivity index (χ4v) is 2.39. The van der Waals surface area contributed by atoms with Crippen molar-refractivity contribution in [1.82, 2.24) is 9.97 Å². The van der Waals surface area contributed by atoms with Crippen molar-refractivity contribution in [3.8, 4) is 0 Å². The van der Waals surface area contributed by atoms with E-state index >= 15 is 0 Å². The van der Waals surface area contributed by atoms with E-state index in [-0.39, 0.29) is 16.8 Å². The van der Waals surface area contributed by atoms with Crippen molar-refractivity contribution in [2.45, 2.75) is 31.7 Å². The fourth-order valence-electron chi connectivity index (χ4n) is 2.21. The maximum absolute atomic E-state index is 11.1. The Morgan fingerprint density at radius 1 is 1.29 bits per heavy atom. The summed E-state index contributed by atoms with van der Waals surface area (Å²) in [6.07, 6.45) is 2.84. The lowest BCUT2D eigenvalue weighted by Gasteiger charge is -2.17. The number of aromatic nitrogens is 2. The van der Waals surface area contributed by atoms with Crippen LogP contribution in [0.3, 0.4) is 0 Å². The van der Waals surface area contributed by atoms with Gasteiger partial charge >= 0.3 is 0 Å². The molecular weight excluding hydrogens is 286 g/mol. The second-order valence-electron chi connectivity index (χ2n) is 5.30. The van der Waals surface area contributed by atoms with Crippen molar-refractivity contribution >= 4 is 23.7 Å². The number of carbonyl (C=O) groups excluding carboxylic acids is 1. The molecule has 4 nitrogen and oxygen atoms in total. The first-order valence-electron chi connectivity index (χ1n) is 7.03. The average Bonchev–Trinajstić information content (AvgIpc) is 3.35. The molecule has 0 aliphatic heterocycles. The summed E-state index contributed by atoms with van der Waals surface area (Å²) < 4.78 is 0. The van der Waals surface area contributed by atoms with Gasteiger partial charge in [0.05, 0.1) is 0 Å². The van der Waals surface area contributed by atoms with Crippen LogP contribution in [-0.4, -0.2) is 16.3 Å². The van der Waals surface area contributed by atoms with Gasteiger partial charge in [-0.05, 0) is 25.3 Å². The van der Waals surface area contributed by atoms with Gasteiger partial charge in [0.2, 0.25) is 0 Å². The molecule has 1 fully saturated rings. The van der Waals surface area contributed by atoms with Crippen LogP contribution >= 0.6 is 11.6 Å². The minimum atomic E-state index is 0.0464. The molecule has 1 saturated carbocycles. The largest absolute Gasteiger partial charge is 0.362 e. The maximum Gasteiger partial charge on any atom is 0.170 e. The van der Waals surface area contributed by atoms with Gasteiger partial charge in [-0.1, -0.05) is 41.9 Å². The number of hydrogen-bond acceptors (Lipinski definition) is 4.